The zero-order valence-corrected chi connectivity index (χ0v) is 10.1. The summed E-state index contributed by atoms with van der Waals surface area (Å²) in [5.74, 6) is -0.961. The van der Waals surface area contributed by atoms with Crippen molar-refractivity contribution in [1.82, 2.24) is 9.78 Å². The summed E-state index contributed by atoms with van der Waals surface area (Å²) in [7, 11) is 0. The van der Waals surface area contributed by atoms with Crippen LogP contribution in [0.5, 0.6) is 0 Å². The molecule has 0 saturated carbocycles. The Morgan fingerprint density at radius 2 is 2.12 bits per heavy atom. The second-order valence-electron chi connectivity index (χ2n) is 4.22. The second kappa shape index (κ2) is 5.12. The van der Waals surface area contributed by atoms with Gasteiger partial charge in [0, 0.05) is 6.04 Å². The average molecular weight is 226 g/mol. The van der Waals surface area contributed by atoms with Gasteiger partial charge >= 0.3 is 5.97 Å². The Balaban J connectivity index is 2.88. The van der Waals surface area contributed by atoms with E-state index in [0.29, 0.717) is 12.3 Å². The van der Waals surface area contributed by atoms with Crippen molar-refractivity contribution in [3.63, 3.8) is 0 Å². The van der Waals surface area contributed by atoms with Crippen LogP contribution in [0.4, 0.5) is 0 Å². The Morgan fingerprint density at radius 3 is 2.50 bits per heavy atom. The average Bonchev–Trinajstić information content (AvgIpc) is 2.58. The molecule has 1 heterocycles. The molecule has 0 atom stereocenters. The summed E-state index contributed by atoms with van der Waals surface area (Å²) in [4.78, 5) is 11.0. The van der Waals surface area contributed by atoms with Gasteiger partial charge in [-0.15, -0.1) is 0 Å². The molecule has 90 valence electrons. The highest BCUT2D eigenvalue weighted by Crippen LogP contribution is 2.12. The van der Waals surface area contributed by atoms with Gasteiger partial charge in [0.1, 0.15) is 5.69 Å². The van der Waals surface area contributed by atoms with Gasteiger partial charge in [-0.3, -0.25) is 4.68 Å². The van der Waals surface area contributed by atoms with Crippen molar-refractivity contribution in [1.29, 1.82) is 0 Å². The van der Waals surface area contributed by atoms with Crippen LogP contribution in [0.25, 0.3) is 0 Å². The van der Waals surface area contributed by atoms with Gasteiger partial charge in [0.25, 0.3) is 0 Å². The van der Waals surface area contributed by atoms with E-state index in [9.17, 15) is 4.79 Å². The number of carbonyl (C=O) groups is 1. The summed E-state index contributed by atoms with van der Waals surface area (Å²) < 4.78 is 6.89. The normalized spacial score (nSPS) is 11.4. The van der Waals surface area contributed by atoms with Crippen LogP contribution in [0.2, 0.25) is 0 Å². The number of nitrogens with zero attached hydrogens (tertiary/aromatic N) is 2. The van der Waals surface area contributed by atoms with Crippen molar-refractivity contribution in [3.05, 3.63) is 17.5 Å². The van der Waals surface area contributed by atoms with Gasteiger partial charge in [-0.25, -0.2) is 4.79 Å². The molecule has 0 bridgehead atoms. The molecule has 0 aliphatic heterocycles. The summed E-state index contributed by atoms with van der Waals surface area (Å²) in [5.41, 5.74) is 0.858. The Bertz CT molecular complexity index is 369. The number of hydrogen-bond donors (Lipinski definition) is 1. The molecule has 5 heteroatoms. The quantitative estimate of drug-likeness (QED) is 0.834. The van der Waals surface area contributed by atoms with E-state index in [2.05, 4.69) is 5.10 Å². The lowest BCUT2D eigenvalue weighted by molar-refractivity contribution is 0.0631. The summed E-state index contributed by atoms with van der Waals surface area (Å²) in [5, 5.41) is 13.2. The molecule has 0 aliphatic rings. The fraction of sp³-hybridized carbons (Fsp3) is 0.636. The molecule has 0 amide bonds. The van der Waals surface area contributed by atoms with Crippen LogP contribution < -0.4 is 0 Å². The summed E-state index contributed by atoms with van der Waals surface area (Å²) >= 11 is 0. The molecule has 0 aliphatic carbocycles. The number of ether oxygens (including phenoxy) is 1. The summed E-state index contributed by atoms with van der Waals surface area (Å²) in [6.45, 7) is 7.99. The van der Waals surface area contributed by atoms with Gasteiger partial charge in [-0.05, 0) is 33.8 Å². The lowest BCUT2D eigenvalue weighted by atomic mass is 10.3. The SMILES string of the molecule is CC(C)OCc1cc(C(=O)O)n(C(C)C)n1. The maximum atomic E-state index is 11.0. The van der Waals surface area contributed by atoms with Crippen LogP contribution in [-0.2, 0) is 11.3 Å². The smallest absolute Gasteiger partial charge is 0.354 e. The zero-order chi connectivity index (χ0) is 12.3. The van der Waals surface area contributed by atoms with E-state index in [1.807, 2.05) is 27.7 Å². The van der Waals surface area contributed by atoms with Gasteiger partial charge in [0.05, 0.1) is 18.4 Å². The van der Waals surface area contributed by atoms with Crippen LogP contribution in [0, 0.1) is 0 Å². The first-order chi connectivity index (χ1) is 7.41. The lowest BCUT2D eigenvalue weighted by Crippen LogP contribution is -2.12. The van der Waals surface area contributed by atoms with Crippen LogP contribution in [0.15, 0.2) is 6.07 Å². The molecule has 5 nitrogen and oxygen atoms in total. The topological polar surface area (TPSA) is 64.3 Å². The Kier molecular flexibility index (Phi) is 4.06. The molecular weight excluding hydrogens is 208 g/mol. The van der Waals surface area contributed by atoms with Crippen LogP contribution >= 0.6 is 0 Å². The van der Waals surface area contributed by atoms with Crippen molar-refractivity contribution in [2.75, 3.05) is 0 Å². The first-order valence-corrected chi connectivity index (χ1v) is 5.35. The molecule has 1 N–H and O–H groups in total. The zero-order valence-electron chi connectivity index (χ0n) is 10.1. The third kappa shape index (κ3) is 3.06. The first-order valence-electron chi connectivity index (χ1n) is 5.35. The van der Waals surface area contributed by atoms with E-state index in [1.54, 1.807) is 6.07 Å². The molecule has 1 aromatic heterocycles. The van der Waals surface area contributed by atoms with Crippen LogP contribution in [-0.4, -0.2) is 27.0 Å². The highest BCUT2D eigenvalue weighted by atomic mass is 16.5. The molecule has 1 aromatic rings. The number of rotatable bonds is 5. The van der Waals surface area contributed by atoms with Crippen molar-refractivity contribution >= 4 is 5.97 Å². The first kappa shape index (κ1) is 12.7. The van der Waals surface area contributed by atoms with Gasteiger partial charge in [0.15, 0.2) is 0 Å². The van der Waals surface area contributed by atoms with Gasteiger partial charge in [-0.1, -0.05) is 0 Å². The number of hydrogen-bond acceptors (Lipinski definition) is 3. The largest absolute Gasteiger partial charge is 0.477 e. The molecule has 0 unspecified atom stereocenters. The fourth-order valence-corrected chi connectivity index (χ4v) is 1.32. The van der Waals surface area contributed by atoms with Gasteiger partial charge < -0.3 is 9.84 Å². The lowest BCUT2D eigenvalue weighted by Gasteiger charge is -2.07. The third-order valence-electron chi connectivity index (χ3n) is 2.06. The maximum absolute atomic E-state index is 11.0. The molecule has 16 heavy (non-hydrogen) atoms. The van der Waals surface area contributed by atoms with Gasteiger partial charge in [0.2, 0.25) is 0 Å². The van der Waals surface area contributed by atoms with Crippen molar-refractivity contribution < 1.29 is 14.6 Å². The van der Waals surface area contributed by atoms with Crippen molar-refractivity contribution in [2.45, 2.75) is 46.4 Å². The van der Waals surface area contributed by atoms with E-state index in [-0.39, 0.29) is 17.8 Å². The van der Waals surface area contributed by atoms with E-state index < -0.39 is 5.97 Å². The predicted octanol–water partition coefficient (Wildman–Crippen LogP) is 2.09. The molecular formula is C11H18N2O3. The highest BCUT2D eigenvalue weighted by Gasteiger charge is 2.16. The highest BCUT2D eigenvalue weighted by molar-refractivity contribution is 5.85. The Labute approximate surface area is 95.0 Å². The minimum absolute atomic E-state index is 0.0268. The molecule has 0 spiro atoms. The van der Waals surface area contributed by atoms with E-state index in [4.69, 9.17) is 9.84 Å². The second-order valence-corrected chi connectivity index (χ2v) is 4.22. The molecule has 1 rings (SSSR count). The number of aromatic carboxylic acids is 1. The molecule has 0 radical (unpaired) electrons. The summed E-state index contributed by atoms with van der Waals surface area (Å²) in [6.07, 6.45) is 0.109. The van der Waals surface area contributed by atoms with Gasteiger partial charge in [-0.2, -0.15) is 5.10 Å². The molecule has 0 saturated heterocycles. The Morgan fingerprint density at radius 1 is 1.50 bits per heavy atom. The minimum atomic E-state index is -0.961. The minimum Gasteiger partial charge on any atom is -0.477 e. The Hall–Kier alpha value is -1.36. The predicted molar refractivity (Wildman–Crippen MR) is 59.5 cm³/mol. The number of carboxylic acid groups (broad SMARTS) is 1. The molecule has 0 aromatic carbocycles. The maximum Gasteiger partial charge on any atom is 0.354 e. The van der Waals surface area contributed by atoms with Crippen molar-refractivity contribution in [3.8, 4) is 0 Å². The van der Waals surface area contributed by atoms with E-state index in [1.165, 1.54) is 4.68 Å². The van der Waals surface area contributed by atoms with Crippen LogP contribution in [0.1, 0.15) is 49.9 Å². The standard InChI is InChI=1S/C11H18N2O3/c1-7(2)13-10(11(14)15)5-9(12-13)6-16-8(3)4/h5,7-8H,6H2,1-4H3,(H,14,15). The fourth-order valence-electron chi connectivity index (χ4n) is 1.32. The van der Waals surface area contributed by atoms with Crippen molar-refractivity contribution in [2.24, 2.45) is 0 Å². The monoisotopic (exact) mass is 226 g/mol. The third-order valence-corrected chi connectivity index (χ3v) is 2.06. The van der Waals surface area contributed by atoms with E-state index in [0.717, 1.165) is 0 Å². The van der Waals surface area contributed by atoms with Crippen LogP contribution in [0.3, 0.4) is 0 Å². The van der Waals surface area contributed by atoms with E-state index >= 15 is 0 Å². The summed E-state index contributed by atoms with van der Waals surface area (Å²) in [6, 6.07) is 1.59. The number of aromatic nitrogens is 2. The number of carboxylic acids is 1. The molecule has 0 fully saturated rings.